The van der Waals surface area contributed by atoms with Gasteiger partial charge in [-0.2, -0.15) is 0 Å². The van der Waals surface area contributed by atoms with E-state index in [2.05, 4.69) is 40.7 Å². The number of aliphatic carboxylic acids is 1. The van der Waals surface area contributed by atoms with Gasteiger partial charge in [0, 0.05) is 22.2 Å². The third kappa shape index (κ3) is 4.39. The second kappa shape index (κ2) is 8.12. The van der Waals surface area contributed by atoms with E-state index in [0.29, 0.717) is 12.6 Å². The number of rotatable bonds is 6. The zero-order valence-corrected chi connectivity index (χ0v) is 16.7. The molecule has 0 bridgehead atoms. The first kappa shape index (κ1) is 18.8. The average molecular weight is 418 g/mol. The van der Waals surface area contributed by atoms with Gasteiger partial charge in [0.05, 0.1) is 6.42 Å². The van der Waals surface area contributed by atoms with Crippen LogP contribution in [0.2, 0.25) is 0 Å². The van der Waals surface area contributed by atoms with E-state index >= 15 is 0 Å². The van der Waals surface area contributed by atoms with Gasteiger partial charge in [0.15, 0.2) is 0 Å². The summed E-state index contributed by atoms with van der Waals surface area (Å²) in [6, 6.07) is 14.6. The summed E-state index contributed by atoms with van der Waals surface area (Å²) >= 11 is 3.51. The predicted octanol–water partition coefficient (Wildman–Crippen LogP) is 5.17. The predicted molar refractivity (Wildman–Crippen MR) is 107 cm³/mol. The van der Waals surface area contributed by atoms with E-state index in [1.54, 1.807) is 0 Å². The number of anilines is 1. The fourth-order valence-electron chi connectivity index (χ4n) is 3.62. The quantitative estimate of drug-likeness (QED) is 0.704. The van der Waals surface area contributed by atoms with Crippen molar-refractivity contribution in [3.05, 3.63) is 58.1 Å². The van der Waals surface area contributed by atoms with Crippen LogP contribution in [0.4, 0.5) is 5.69 Å². The number of ether oxygens (including phenoxy) is 1. The maximum absolute atomic E-state index is 11.1. The summed E-state index contributed by atoms with van der Waals surface area (Å²) in [5, 5.41) is 9.13. The minimum absolute atomic E-state index is 0.0695. The molecular weight excluding hydrogens is 394 g/mol. The number of halogens is 1. The molecule has 2 aromatic rings. The van der Waals surface area contributed by atoms with Crippen LogP contribution < -0.4 is 9.64 Å². The summed E-state index contributed by atoms with van der Waals surface area (Å²) in [6.45, 7) is 4.74. The van der Waals surface area contributed by atoms with E-state index in [-0.39, 0.29) is 12.5 Å². The van der Waals surface area contributed by atoms with E-state index in [1.165, 1.54) is 5.56 Å². The van der Waals surface area contributed by atoms with Crippen LogP contribution in [0.25, 0.3) is 0 Å². The summed E-state index contributed by atoms with van der Waals surface area (Å²) in [7, 11) is 0. The van der Waals surface area contributed by atoms with Gasteiger partial charge >= 0.3 is 5.97 Å². The molecule has 3 rings (SSSR count). The lowest BCUT2D eigenvalue weighted by atomic mass is 10.1. The molecular formula is C21H24BrNO3. The fraction of sp³-hybridized carbons (Fsp3) is 0.381. The van der Waals surface area contributed by atoms with Crippen LogP contribution >= 0.6 is 15.9 Å². The lowest BCUT2D eigenvalue weighted by Gasteiger charge is -2.30. The number of hydrogen-bond acceptors (Lipinski definition) is 3. The van der Waals surface area contributed by atoms with E-state index in [0.717, 1.165) is 34.3 Å². The normalized spacial score (nSPS) is 19.6. The number of carbonyl (C=O) groups is 1. The molecule has 4 nitrogen and oxygen atoms in total. The van der Waals surface area contributed by atoms with Crippen molar-refractivity contribution in [1.82, 2.24) is 0 Å². The number of carboxylic acid groups (broad SMARTS) is 1. The van der Waals surface area contributed by atoms with Crippen LogP contribution in [-0.2, 0) is 11.4 Å². The van der Waals surface area contributed by atoms with Crippen molar-refractivity contribution in [2.45, 2.75) is 51.8 Å². The van der Waals surface area contributed by atoms with Crippen molar-refractivity contribution in [2.24, 2.45) is 0 Å². The molecule has 0 aromatic heterocycles. The molecule has 1 aliphatic heterocycles. The van der Waals surface area contributed by atoms with Crippen LogP contribution in [0.15, 0.2) is 46.9 Å². The average Bonchev–Trinajstić information content (AvgIpc) is 2.96. The Hall–Kier alpha value is -2.01. The first-order valence-electron chi connectivity index (χ1n) is 8.92. The van der Waals surface area contributed by atoms with Gasteiger partial charge in [0.25, 0.3) is 0 Å². The smallest absolute Gasteiger partial charge is 0.305 e. The molecule has 2 atom stereocenters. The van der Waals surface area contributed by atoms with Crippen LogP contribution in [-0.4, -0.2) is 23.2 Å². The maximum atomic E-state index is 11.1. The van der Waals surface area contributed by atoms with Gasteiger partial charge in [-0.1, -0.05) is 28.1 Å². The van der Waals surface area contributed by atoms with Crippen LogP contribution in [0, 0.1) is 6.92 Å². The number of aryl methyl sites for hydroxylation is 1. The van der Waals surface area contributed by atoms with Gasteiger partial charge in [-0.3, -0.25) is 4.79 Å². The van der Waals surface area contributed by atoms with Crippen molar-refractivity contribution in [3.8, 4) is 5.75 Å². The third-order valence-corrected chi connectivity index (χ3v) is 5.85. The zero-order chi connectivity index (χ0) is 18.7. The Morgan fingerprint density at radius 1 is 1.23 bits per heavy atom. The van der Waals surface area contributed by atoms with E-state index in [1.807, 2.05) is 36.4 Å². The molecule has 1 saturated heterocycles. The molecule has 1 fully saturated rings. The van der Waals surface area contributed by atoms with Gasteiger partial charge < -0.3 is 14.7 Å². The molecule has 26 heavy (non-hydrogen) atoms. The molecule has 1 N–H and O–H groups in total. The second-order valence-electron chi connectivity index (χ2n) is 6.95. The Balaban J connectivity index is 1.65. The largest absolute Gasteiger partial charge is 0.489 e. The Bertz CT molecular complexity index is 775. The number of nitrogens with zero attached hydrogens (tertiary/aromatic N) is 1. The topological polar surface area (TPSA) is 49.8 Å². The summed E-state index contributed by atoms with van der Waals surface area (Å²) in [6.07, 6.45) is 2.14. The van der Waals surface area contributed by atoms with Crippen molar-refractivity contribution < 1.29 is 14.6 Å². The molecule has 1 aliphatic rings. The first-order valence-corrected chi connectivity index (χ1v) is 9.71. The highest BCUT2D eigenvalue weighted by molar-refractivity contribution is 9.10. The number of carboxylic acids is 1. The highest BCUT2D eigenvalue weighted by Crippen LogP contribution is 2.33. The Kier molecular flexibility index (Phi) is 5.87. The minimum atomic E-state index is -0.737. The number of hydrogen-bond donors (Lipinski definition) is 1. The highest BCUT2D eigenvalue weighted by Gasteiger charge is 2.32. The molecule has 0 radical (unpaired) electrons. The molecule has 2 unspecified atom stereocenters. The maximum Gasteiger partial charge on any atom is 0.305 e. The molecule has 5 heteroatoms. The highest BCUT2D eigenvalue weighted by atomic mass is 79.9. The van der Waals surface area contributed by atoms with Gasteiger partial charge in [-0.25, -0.2) is 0 Å². The van der Waals surface area contributed by atoms with Crippen LogP contribution in [0.5, 0.6) is 5.75 Å². The SMILES string of the molecule is Cc1cc(COc2ccc(N3C(C)CCC3CC(=O)O)cc2)ccc1Br. The van der Waals surface area contributed by atoms with E-state index < -0.39 is 5.97 Å². The Labute approximate surface area is 162 Å². The lowest BCUT2D eigenvalue weighted by Crippen LogP contribution is -2.35. The molecule has 0 saturated carbocycles. The summed E-state index contributed by atoms with van der Waals surface area (Å²) in [5.41, 5.74) is 3.38. The summed E-state index contributed by atoms with van der Waals surface area (Å²) in [5.74, 6) is 0.0785. The fourth-order valence-corrected chi connectivity index (χ4v) is 3.86. The van der Waals surface area contributed by atoms with Gasteiger partial charge in [-0.05, 0) is 68.1 Å². The van der Waals surface area contributed by atoms with Crippen molar-refractivity contribution in [3.63, 3.8) is 0 Å². The van der Waals surface area contributed by atoms with Crippen molar-refractivity contribution in [1.29, 1.82) is 0 Å². The lowest BCUT2D eigenvalue weighted by molar-refractivity contribution is -0.137. The van der Waals surface area contributed by atoms with Crippen molar-refractivity contribution >= 4 is 27.6 Å². The van der Waals surface area contributed by atoms with Gasteiger partial charge in [-0.15, -0.1) is 0 Å². The molecule has 2 aromatic carbocycles. The monoisotopic (exact) mass is 417 g/mol. The van der Waals surface area contributed by atoms with E-state index in [4.69, 9.17) is 9.84 Å². The molecule has 0 amide bonds. The van der Waals surface area contributed by atoms with Gasteiger partial charge in [0.1, 0.15) is 12.4 Å². The Morgan fingerprint density at radius 3 is 2.62 bits per heavy atom. The number of benzene rings is 2. The van der Waals surface area contributed by atoms with Crippen LogP contribution in [0.1, 0.15) is 37.3 Å². The second-order valence-corrected chi connectivity index (χ2v) is 7.81. The standard InChI is InChI=1S/C21H24BrNO3/c1-14-11-16(4-10-20(14)22)13-26-19-8-6-17(7-9-19)23-15(2)3-5-18(23)12-21(24)25/h4,6-11,15,18H,3,5,12-13H2,1-2H3,(H,24,25). The van der Waals surface area contributed by atoms with Crippen LogP contribution in [0.3, 0.4) is 0 Å². The Morgan fingerprint density at radius 2 is 1.96 bits per heavy atom. The molecule has 0 aliphatic carbocycles. The molecule has 1 heterocycles. The zero-order valence-electron chi connectivity index (χ0n) is 15.1. The van der Waals surface area contributed by atoms with Gasteiger partial charge in [0.2, 0.25) is 0 Å². The molecule has 138 valence electrons. The molecule has 0 spiro atoms. The minimum Gasteiger partial charge on any atom is -0.489 e. The van der Waals surface area contributed by atoms with E-state index in [9.17, 15) is 4.79 Å². The summed E-state index contributed by atoms with van der Waals surface area (Å²) < 4.78 is 6.99. The van der Waals surface area contributed by atoms with Crippen molar-refractivity contribution in [2.75, 3.05) is 4.90 Å². The summed E-state index contributed by atoms with van der Waals surface area (Å²) in [4.78, 5) is 13.3. The first-order chi connectivity index (χ1) is 12.4. The third-order valence-electron chi connectivity index (χ3n) is 4.96.